The molecule has 1 atom stereocenters. The molecule has 1 fully saturated rings. The van der Waals surface area contributed by atoms with Crippen molar-refractivity contribution in [2.75, 3.05) is 6.54 Å². The van der Waals surface area contributed by atoms with Crippen LogP contribution in [0.4, 0.5) is 0 Å². The number of benzene rings is 1. The second kappa shape index (κ2) is 6.96. The summed E-state index contributed by atoms with van der Waals surface area (Å²) in [7, 11) is 0. The fourth-order valence-electron chi connectivity index (χ4n) is 2.31. The van der Waals surface area contributed by atoms with Gasteiger partial charge in [-0.3, -0.25) is 0 Å². The zero-order valence-electron chi connectivity index (χ0n) is 11.0. The van der Waals surface area contributed by atoms with Gasteiger partial charge in [0.15, 0.2) is 0 Å². The van der Waals surface area contributed by atoms with Crippen molar-refractivity contribution in [3.63, 3.8) is 0 Å². The molecule has 1 aromatic carbocycles. The predicted molar refractivity (Wildman–Crippen MR) is 76.3 cm³/mol. The number of unbranched alkanes of at least 4 members (excludes halogenated alkanes) is 1. The Balaban J connectivity index is 1.86. The van der Waals surface area contributed by atoms with Crippen LogP contribution in [0.15, 0.2) is 30.3 Å². The first-order chi connectivity index (χ1) is 8.81. The summed E-state index contributed by atoms with van der Waals surface area (Å²) in [5.74, 6) is 0.373. The van der Waals surface area contributed by atoms with E-state index in [9.17, 15) is 4.79 Å². The van der Waals surface area contributed by atoms with E-state index in [1.165, 1.54) is 16.2 Å². The average molecular weight is 310 g/mol. The predicted octanol–water partition coefficient (Wildman–Crippen LogP) is 2.23. The van der Waals surface area contributed by atoms with E-state index in [0.717, 1.165) is 25.8 Å². The van der Waals surface area contributed by atoms with Gasteiger partial charge >= 0.3 is 116 Å². The molecule has 1 aliphatic rings. The van der Waals surface area contributed by atoms with E-state index >= 15 is 0 Å². The van der Waals surface area contributed by atoms with Gasteiger partial charge < -0.3 is 0 Å². The molecule has 0 saturated carbocycles. The molecule has 0 bridgehead atoms. The zero-order valence-corrected chi connectivity index (χ0v) is 12.7. The van der Waals surface area contributed by atoms with E-state index in [1.54, 1.807) is 0 Å². The van der Waals surface area contributed by atoms with Gasteiger partial charge in [-0.15, -0.1) is 0 Å². The van der Waals surface area contributed by atoms with Crippen molar-refractivity contribution in [2.45, 2.75) is 44.0 Å². The van der Waals surface area contributed by atoms with Crippen LogP contribution in [0.3, 0.4) is 0 Å². The maximum absolute atomic E-state index is 11.8. The molecule has 0 aromatic heterocycles. The summed E-state index contributed by atoms with van der Waals surface area (Å²) in [6, 6.07) is 11.2. The minimum absolute atomic E-state index is 0.373. The summed E-state index contributed by atoms with van der Waals surface area (Å²) in [6.07, 6.45) is 4.14. The Labute approximate surface area is 116 Å². The maximum atomic E-state index is 11.8. The normalized spacial score (nSPS) is 19.5. The third-order valence-electron chi connectivity index (χ3n) is 3.39. The first-order valence-corrected chi connectivity index (χ1v) is 8.85. The van der Waals surface area contributed by atoms with Crippen LogP contribution in [-0.2, 0) is 4.79 Å². The molecule has 3 heteroatoms. The van der Waals surface area contributed by atoms with E-state index in [-0.39, 0.29) is 0 Å². The van der Waals surface area contributed by atoms with Gasteiger partial charge in [0.1, 0.15) is 0 Å². The quantitative estimate of drug-likeness (QED) is 0.738. The van der Waals surface area contributed by atoms with E-state index in [4.69, 9.17) is 0 Å². The minimum atomic E-state index is 0.373. The molecular weight excluding hydrogens is 289 g/mol. The Bertz CT molecular complexity index is 379. The van der Waals surface area contributed by atoms with Crippen LogP contribution in [-0.4, -0.2) is 38.4 Å². The Hall–Kier alpha value is -0.791. The molecule has 2 nitrogen and oxygen atoms in total. The van der Waals surface area contributed by atoms with Crippen molar-refractivity contribution < 1.29 is 4.79 Å². The first-order valence-electron chi connectivity index (χ1n) is 6.78. The molecule has 0 radical (unpaired) electrons. The number of carbonyl (C=O) groups is 1. The van der Waals surface area contributed by atoms with Gasteiger partial charge in [-0.1, -0.05) is 0 Å². The van der Waals surface area contributed by atoms with E-state index in [1.807, 2.05) is 0 Å². The number of carbonyl (C=O) groups excluding carboxylic acids is 1. The van der Waals surface area contributed by atoms with Crippen molar-refractivity contribution in [2.24, 2.45) is 0 Å². The van der Waals surface area contributed by atoms with Crippen LogP contribution >= 0.6 is 0 Å². The average Bonchev–Trinajstić information content (AvgIpc) is 2.76. The topological polar surface area (TPSA) is 20.3 Å². The molecule has 1 heterocycles. The molecule has 18 heavy (non-hydrogen) atoms. The van der Waals surface area contributed by atoms with Gasteiger partial charge in [0.25, 0.3) is 0 Å². The fourth-order valence-corrected chi connectivity index (χ4v) is 4.58. The molecule has 1 amide bonds. The van der Waals surface area contributed by atoms with Crippen LogP contribution in [0.2, 0.25) is 5.32 Å². The molecule has 1 unspecified atom stereocenters. The second-order valence-corrected chi connectivity index (χ2v) is 7.05. The number of rotatable bonds is 6. The van der Waals surface area contributed by atoms with Crippen molar-refractivity contribution in [3.8, 4) is 0 Å². The molecule has 0 N–H and O–H groups in total. The standard InChI is InChI=1S/C15H21NOSe/c1-2-3-11-16-13(9-10-15(16)17)12-18-14-7-5-4-6-8-14/h4-8,13H,2-3,9-12H2,1H3. The van der Waals surface area contributed by atoms with Gasteiger partial charge in [-0.25, -0.2) is 0 Å². The van der Waals surface area contributed by atoms with Crippen LogP contribution in [0.1, 0.15) is 32.6 Å². The Kier molecular flexibility index (Phi) is 5.27. The van der Waals surface area contributed by atoms with Crippen LogP contribution in [0.5, 0.6) is 0 Å². The summed E-state index contributed by atoms with van der Waals surface area (Å²) >= 11 is 0.501. The number of amides is 1. The summed E-state index contributed by atoms with van der Waals surface area (Å²) in [6.45, 7) is 3.15. The van der Waals surface area contributed by atoms with Gasteiger partial charge in [0.2, 0.25) is 0 Å². The second-order valence-electron chi connectivity index (χ2n) is 4.76. The Morgan fingerprint density at radius 2 is 2.11 bits per heavy atom. The third kappa shape index (κ3) is 3.60. The monoisotopic (exact) mass is 311 g/mol. The number of hydrogen-bond donors (Lipinski definition) is 0. The molecule has 0 spiro atoms. The molecule has 1 aliphatic heterocycles. The summed E-state index contributed by atoms with van der Waals surface area (Å²) < 4.78 is 1.44. The summed E-state index contributed by atoms with van der Waals surface area (Å²) in [5, 5.41) is 1.17. The Morgan fingerprint density at radius 1 is 1.33 bits per heavy atom. The summed E-state index contributed by atoms with van der Waals surface area (Å²) in [5.41, 5.74) is 0. The van der Waals surface area contributed by atoms with Crippen molar-refractivity contribution in [1.82, 2.24) is 4.90 Å². The number of nitrogens with zero attached hydrogens (tertiary/aromatic N) is 1. The van der Waals surface area contributed by atoms with Crippen LogP contribution in [0.25, 0.3) is 0 Å². The Morgan fingerprint density at radius 3 is 2.83 bits per heavy atom. The molecule has 1 aromatic rings. The number of likely N-dealkylation sites (tertiary alicyclic amines) is 1. The molecule has 0 aliphatic carbocycles. The van der Waals surface area contributed by atoms with Crippen molar-refractivity contribution in [3.05, 3.63) is 30.3 Å². The molecule has 1 saturated heterocycles. The number of hydrogen-bond acceptors (Lipinski definition) is 1. The van der Waals surface area contributed by atoms with Gasteiger partial charge in [0, 0.05) is 0 Å². The fraction of sp³-hybridized carbons (Fsp3) is 0.533. The molecule has 2 rings (SSSR count). The van der Waals surface area contributed by atoms with Crippen LogP contribution < -0.4 is 4.46 Å². The summed E-state index contributed by atoms with van der Waals surface area (Å²) in [4.78, 5) is 14.0. The third-order valence-corrected chi connectivity index (χ3v) is 5.82. The van der Waals surface area contributed by atoms with Gasteiger partial charge in [0.05, 0.1) is 0 Å². The van der Waals surface area contributed by atoms with E-state index < -0.39 is 0 Å². The first kappa shape index (κ1) is 13.6. The SMILES string of the molecule is CCCCN1C(=O)CCC1C[Se]c1ccccc1. The van der Waals surface area contributed by atoms with E-state index in [0.29, 0.717) is 26.9 Å². The van der Waals surface area contributed by atoms with Crippen LogP contribution in [0, 0.1) is 0 Å². The van der Waals surface area contributed by atoms with E-state index in [2.05, 4.69) is 42.2 Å². The van der Waals surface area contributed by atoms with Gasteiger partial charge in [-0.2, -0.15) is 0 Å². The van der Waals surface area contributed by atoms with Crippen molar-refractivity contribution >= 4 is 25.3 Å². The zero-order chi connectivity index (χ0) is 12.8. The van der Waals surface area contributed by atoms with Crippen molar-refractivity contribution in [1.29, 1.82) is 0 Å². The molecular formula is C15H21NOSe. The van der Waals surface area contributed by atoms with Gasteiger partial charge in [-0.05, 0) is 0 Å². The molecule has 98 valence electrons.